The lowest BCUT2D eigenvalue weighted by Crippen LogP contribution is -2.36. The molecular weight excluding hydrogens is 367 g/mol. The highest BCUT2D eigenvalue weighted by molar-refractivity contribution is 6.42. The molecule has 6 heteroatoms. The maximum Gasteiger partial charge on any atom is 0.227 e. The van der Waals surface area contributed by atoms with Crippen molar-refractivity contribution in [3.05, 3.63) is 69.7 Å². The quantitative estimate of drug-likeness (QED) is 0.807. The Balaban J connectivity index is 0.00000288. The van der Waals surface area contributed by atoms with Crippen molar-refractivity contribution in [3.8, 4) is 0 Å². The highest BCUT2D eigenvalue weighted by Crippen LogP contribution is 2.24. The fourth-order valence-electron chi connectivity index (χ4n) is 2.45. The van der Waals surface area contributed by atoms with Gasteiger partial charge >= 0.3 is 0 Å². The molecule has 2 rings (SSSR count). The van der Waals surface area contributed by atoms with Gasteiger partial charge in [-0.1, -0.05) is 66.5 Å². The van der Waals surface area contributed by atoms with Crippen LogP contribution in [0.3, 0.4) is 0 Å². The van der Waals surface area contributed by atoms with E-state index >= 15 is 0 Å². The van der Waals surface area contributed by atoms with Crippen LogP contribution < -0.4 is 5.73 Å². The molecule has 0 aliphatic heterocycles. The molecule has 0 heterocycles. The highest BCUT2D eigenvalue weighted by Gasteiger charge is 2.25. The molecule has 0 aliphatic rings. The molecule has 2 atom stereocenters. The molecular formula is C18H21Cl3N2O. The summed E-state index contributed by atoms with van der Waals surface area (Å²) in [6, 6.07) is 14.7. The lowest BCUT2D eigenvalue weighted by Gasteiger charge is -2.25. The van der Waals surface area contributed by atoms with Crippen LogP contribution in [0.5, 0.6) is 0 Å². The Kier molecular flexibility index (Phi) is 8.04. The van der Waals surface area contributed by atoms with Gasteiger partial charge in [-0.25, -0.2) is 0 Å². The molecule has 0 saturated heterocycles. The molecule has 0 aliphatic carbocycles. The van der Waals surface area contributed by atoms with Gasteiger partial charge in [0.25, 0.3) is 0 Å². The van der Waals surface area contributed by atoms with Crippen LogP contribution in [-0.2, 0) is 11.3 Å². The van der Waals surface area contributed by atoms with Crippen LogP contribution >= 0.6 is 35.6 Å². The van der Waals surface area contributed by atoms with Gasteiger partial charge in [-0.15, -0.1) is 12.4 Å². The van der Waals surface area contributed by atoms with Crippen LogP contribution in [0.15, 0.2) is 48.5 Å². The Morgan fingerprint density at radius 2 is 1.75 bits per heavy atom. The number of carbonyl (C=O) groups excluding carboxylic acids is 1. The molecule has 2 aromatic carbocycles. The van der Waals surface area contributed by atoms with E-state index in [4.69, 9.17) is 28.9 Å². The molecule has 0 spiro atoms. The van der Waals surface area contributed by atoms with Gasteiger partial charge < -0.3 is 10.6 Å². The van der Waals surface area contributed by atoms with Gasteiger partial charge in [-0.05, 0) is 23.3 Å². The number of hydrogen-bond acceptors (Lipinski definition) is 2. The van der Waals surface area contributed by atoms with Gasteiger partial charge in [0.1, 0.15) is 0 Å². The molecule has 0 radical (unpaired) electrons. The van der Waals surface area contributed by atoms with Crippen molar-refractivity contribution in [1.82, 2.24) is 4.90 Å². The summed E-state index contributed by atoms with van der Waals surface area (Å²) < 4.78 is 0. The van der Waals surface area contributed by atoms with Gasteiger partial charge in [0.2, 0.25) is 5.91 Å². The number of carbonyl (C=O) groups is 1. The first kappa shape index (κ1) is 20.8. The van der Waals surface area contributed by atoms with Crippen molar-refractivity contribution in [1.29, 1.82) is 0 Å². The molecule has 0 bridgehead atoms. The maximum absolute atomic E-state index is 12.6. The Morgan fingerprint density at radius 3 is 2.33 bits per heavy atom. The largest absolute Gasteiger partial charge is 0.341 e. The molecule has 130 valence electrons. The summed E-state index contributed by atoms with van der Waals surface area (Å²) in [5, 5.41) is 0.989. The van der Waals surface area contributed by atoms with Gasteiger partial charge in [0, 0.05) is 19.6 Å². The number of rotatable bonds is 5. The van der Waals surface area contributed by atoms with E-state index in [1.807, 2.05) is 43.3 Å². The lowest BCUT2D eigenvalue weighted by atomic mass is 9.94. The molecule has 0 saturated carbocycles. The van der Waals surface area contributed by atoms with Crippen molar-refractivity contribution >= 4 is 41.5 Å². The van der Waals surface area contributed by atoms with Crippen molar-refractivity contribution in [2.45, 2.75) is 19.5 Å². The molecule has 1 amide bonds. The Labute approximate surface area is 159 Å². The SMILES string of the molecule is CC(C(=O)N(C)Cc1ccc(Cl)c(Cl)c1)C(N)c1ccccc1.Cl. The third kappa shape index (κ3) is 5.12. The lowest BCUT2D eigenvalue weighted by molar-refractivity contribution is -0.134. The van der Waals surface area contributed by atoms with Crippen LogP contribution in [0, 0.1) is 5.92 Å². The van der Waals surface area contributed by atoms with Crippen molar-refractivity contribution < 1.29 is 4.79 Å². The Bertz CT molecular complexity index is 679. The van der Waals surface area contributed by atoms with Crippen LogP contribution in [0.4, 0.5) is 0 Å². The predicted octanol–water partition coefficient (Wildman–Crippen LogP) is 4.71. The summed E-state index contributed by atoms with van der Waals surface area (Å²) >= 11 is 11.9. The van der Waals surface area contributed by atoms with E-state index in [9.17, 15) is 4.79 Å². The average molecular weight is 388 g/mol. The fourth-order valence-corrected chi connectivity index (χ4v) is 2.78. The molecule has 0 aromatic heterocycles. The van der Waals surface area contributed by atoms with Gasteiger partial charge in [0.05, 0.1) is 16.0 Å². The minimum absolute atomic E-state index is 0. The summed E-state index contributed by atoms with van der Waals surface area (Å²) in [6.07, 6.45) is 0. The summed E-state index contributed by atoms with van der Waals surface area (Å²) in [4.78, 5) is 14.3. The van der Waals surface area contributed by atoms with E-state index in [-0.39, 0.29) is 30.3 Å². The fraction of sp³-hybridized carbons (Fsp3) is 0.278. The third-order valence-corrected chi connectivity index (χ3v) is 4.63. The van der Waals surface area contributed by atoms with Crippen molar-refractivity contribution in [3.63, 3.8) is 0 Å². The first-order valence-electron chi connectivity index (χ1n) is 7.39. The standard InChI is InChI=1S/C18H20Cl2N2O.ClH/c1-12(17(21)14-6-4-3-5-7-14)18(23)22(2)11-13-8-9-15(19)16(20)10-13;/h3-10,12,17H,11,21H2,1-2H3;1H. The first-order chi connectivity index (χ1) is 10.9. The predicted molar refractivity (Wildman–Crippen MR) is 103 cm³/mol. The third-order valence-electron chi connectivity index (χ3n) is 3.89. The zero-order chi connectivity index (χ0) is 17.0. The number of benzene rings is 2. The topological polar surface area (TPSA) is 46.3 Å². The van der Waals surface area contributed by atoms with Crippen LogP contribution in [-0.4, -0.2) is 17.9 Å². The van der Waals surface area contributed by atoms with Crippen molar-refractivity contribution in [2.75, 3.05) is 7.05 Å². The molecule has 2 aromatic rings. The summed E-state index contributed by atoms with van der Waals surface area (Å²) in [5.41, 5.74) is 8.11. The van der Waals surface area contributed by atoms with Crippen LogP contribution in [0.2, 0.25) is 10.0 Å². The monoisotopic (exact) mass is 386 g/mol. The van der Waals surface area contributed by atoms with E-state index < -0.39 is 0 Å². The number of nitrogens with two attached hydrogens (primary N) is 1. The zero-order valence-corrected chi connectivity index (χ0v) is 15.9. The molecule has 24 heavy (non-hydrogen) atoms. The minimum Gasteiger partial charge on any atom is -0.341 e. The second kappa shape index (κ2) is 9.28. The normalized spacial score (nSPS) is 12.9. The highest BCUT2D eigenvalue weighted by atomic mass is 35.5. The second-order valence-electron chi connectivity index (χ2n) is 5.67. The van der Waals surface area contributed by atoms with Gasteiger partial charge in [-0.2, -0.15) is 0 Å². The summed E-state index contributed by atoms with van der Waals surface area (Å²) in [6.45, 7) is 2.31. The summed E-state index contributed by atoms with van der Waals surface area (Å²) in [5.74, 6) is -0.322. The van der Waals surface area contributed by atoms with Crippen LogP contribution in [0.25, 0.3) is 0 Å². The number of hydrogen-bond donors (Lipinski definition) is 1. The second-order valence-corrected chi connectivity index (χ2v) is 6.48. The molecule has 2 N–H and O–H groups in total. The number of halogens is 3. The van der Waals surface area contributed by atoms with Crippen molar-refractivity contribution in [2.24, 2.45) is 11.7 Å². The Hall–Kier alpha value is -1.26. The zero-order valence-electron chi connectivity index (χ0n) is 13.6. The van der Waals surface area contributed by atoms with E-state index in [2.05, 4.69) is 0 Å². The molecule has 3 nitrogen and oxygen atoms in total. The van der Waals surface area contributed by atoms with E-state index in [1.54, 1.807) is 24.1 Å². The van der Waals surface area contributed by atoms with E-state index in [0.717, 1.165) is 11.1 Å². The molecule has 2 unspecified atom stereocenters. The Morgan fingerprint density at radius 1 is 1.12 bits per heavy atom. The smallest absolute Gasteiger partial charge is 0.227 e. The maximum atomic E-state index is 12.6. The number of amides is 1. The van der Waals surface area contributed by atoms with Gasteiger partial charge in [0.15, 0.2) is 0 Å². The summed E-state index contributed by atoms with van der Waals surface area (Å²) in [7, 11) is 1.76. The average Bonchev–Trinajstić information content (AvgIpc) is 2.57. The van der Waals surface area contributed by atoms with Crippen LogP contribution in [0.1, 0.15) is 24.1 Å². The molecule has 0 fully saturated rings. The van der Waals surface area contributed by atoms with E-state index in [0.29, 0.717) is 16.6 Å². The van der Waals surface area contributed by atoms with E-state index in [1.165, 1.54) is 0 Å². The first-order valence-corrected chi connectivity index (χ1v) is 8.15. The van der Waals surface area contributed by atoms with Gasteiger partial charge in [-0.3, -0.25) is 4.79 Å². The number of nitrogens with zero attached hydrogens (tertiary/aromatic N) is 1. The minimum atomic E-state index is -0.333.